The van der Waals surface area contributed by atoms with Crippen LogP contribution in [0.1, 0.15) is 23.3 Å². The van der Waals surface area contributed by atoms with E-state index in [1.807, 2.05) is 30.5 Å². The third-order valence-corrected chi connectivity index (χ3v) is 5.86. The number of piperidine rings is 1. The number of aromatic nitrogens is 3. The Morgan fingerprint density at radius 3 is 3.04 bits per heavy atom. The van der Waals surface area contributed by atoms with Crippen LogP contribution in [0, 0.1) is 5.92 Å². The minimum atomic E-state index is -0.0870. The van der Waals surface area contributed by atoms with Gasteiger partial charge < -0.3 is 10.2 Å². The molecule has 1 aliphatic rings. The normalized spacial score (nSPS) is 16.8. The highest BCUT2D eigenvalue weighted by Crippen LogP contribution is 2.25. The standard InChI is InChI=1S/C20H20ClN5OS/c21-16-5-1-3-14(9-16)10-17-11-24-20(28-17)25-19(27)15-4-2-8-26(13-15)18-12-22-6-7-23-18/h1,3,5-7,9,11-12,15H,2,4,8,10,13H2,(H,24,25,27)/t15-/m1/s1. The van der Waals surface area contributed by atoms with Gasteiger partial charge in [-0.25, -0.2) is 9.97 Å². The molecule has 8 heteroatoms. The second-order valence-electron chi connectivity index (χ2n) is 6.78. The summed E-state index contributed by atoms with van der Waals surface area (Å²) in [4.78, 5) is 28.8. The highest BCUT2D eigenvalue weighted by atomic mass is 35.5. The molecule has 28 heavy (non-hydrogen) atoms. The molecular weight excluding hydrogens is 394 g/mol. The van der Waals surface area contributed by atoms with Crippen LogP contribution < -0.4 is 10.2 Å². The molecule has 1 saturated heterocycles. The number of hydrogen-bond donors (Lipinski definition) is 1. The zero-order valence-electron chi connectivity index (χ0n) is 15.2. The summed E-state index contributed by atoms with van der Waals surface area (Å²) in [6.07, 6.45) is 9.45. The largest absolute Gasteiger partial charge is 0.355 e. The van der Waals surface area contributed by atoms with Crippen LogP contribution in [0.25, 0.3) is 0 Å². The number of anilines is 2. The van der Waals surface area contributed by atoms with Crippen molar-refractivity contribution in [3.8, 4) is 0 Å². The summed E-state index contributed by atoms with van der Waals surface area (Å²) >= 11 is 7.55. The van der Waals surface area contributed by atoms with Crippen molar-refractivity contribution in [2.45, 2.75) is 19.3 Å². The molecule has 3 heterocycles. The predicted octanol–water partition coefficient (Wildman–Crippen LogP) is 4.03. The van der Waals surface area contributed by atoms with Crippen molar-refractivity contribution in [3.05, 3.63) is 64.5 Å². The van der Waals surface area contributed by atoms with Gasteiger partial charge in [0.05, 0.1) is 12.1 Å². The second kappa shape index (κ2) is 8.67. The molecule has 6 nitrogen and oxygen atoms in total. The van der Waals surface area contributed by atoms with E-state index < -0.39 is 0 Å². The van der Waals surface area contributed by atoms with Crippen molar-refractivity contribution in [2.75, 3.05) is 23.3 Å². The van der Waals surface area contributed by atoms with Crippen LogP contribution >= 0.6 is 22.9 Å². The first-order chi connectivity index (χ1) is 13.7. The zero-order valence-corrected chi connectivity index (χ0v) is 16.8. The van der Waals surface area contributed by atoms with E-state index in [1.165, 1.54) is 11.3 Å². The summed E-state index contributed by atoms with van der Waals surface area (Å²) in [5.41, 5.74) is 1.13. The lowest BCUT2D eigenvalue weighted by atomic mass is 9.97. The third kappa shape index (κ3) is 4.66. The molecule has 144 valence electrons. The lowest BCUT2D eigenvalue weighted by Gasteiger charge is -2.32. The number of carbonyl (C=O) groups is 1. The van der Waals surface area contributed by atoms with E-state index in [4.69, 9.17) is 11.6 Å². The van der Waals surface area contributed by atoms with Gasteiger partial charge in [0.1, 0.15) is 5.82 Å². The number of nitrogens with zero attached hydrogens (tertiary/aromatic N) is 4. The summed E-state index contributed by atoms with van der Waals surface area (Å²) in [6.45, 7) is 1.54. The van der Waals surface area contributed by atoms with E-state index in [2.05, 4.69) is 25.2 Å². The van der Waals surface area contributed by atoms with E-state index in [-0.39, 0.29) is 11.8 Å². The first kappa shape index (κ1) is 18.8. The summed E-state index contributed by atoms with van der Waals surface area (Å²) in [5, 5.41) is 4.34. The van der Waals surface area contributed by atoms with Crippen molar-refractivity contribution in [2.24, 2.45) is 5.92 Å². The lowest BCUT2D eigenvalue weighted by molar-refractivity contribution is -0.120. The van der Waals surface area contributed by atoms with Crippen LogP contribution in [0.2, 0.25) is 5.02 Å². The lowest BCUT2D eigenvalue weighted by Crippen LogP contribution is -2.41. The molecule has 0 saturated carbocycles. The average Bonchev–Trinajstić information content (AvgIpc) is 3.15. The Kier molecular flexibility index (Phi) is 5.83. The minimum absolute atomic E-state index is 0.0113. The maximum Gasteiger partial charge on any atom is 0.231 e. The molecule has 0 aliphatic carbocycles. The molecule has 0 radical (unpaired) electrons. The first-order valence-electron chi connectivity index (χ1n) is 9.18. The number of carbonyl (C=O) groups excluding carboxylic acids is 1. The highest BCUT2D eigenvalue weighted by Gasteiger charge is 2.27. The van der Waals surface area contributed by atoms with Crippen LogP contribution in [0.5, 0.6) is 0 Å². The molecule has 1 amide bonds. The Bertz CT molecular complexity index is 949. The Balaban J connectivity index is 1.36. The van der Waals surface area contributed by atoms with Crippen LogP contribution in [0.4, 0.5) is 10.9 Å². The number of amides is 1. The molecule has 1 aromatic carbocycles. The Morgan fingerprint density at radius 1 is 1.29 bits per heavy atom. The van der Waals surface area contributed by atoms with Crippen LogP contribution in [-0.4, -0.2) is 33.9 Å². The summed E-state index contributed by atoms with van der Waals surface area (Å²) in [6, 6.07) is 7.78. The monoisotopic (exact) mass is 413 g/mol. The van der Waals surface area contributed by atoms with Crippen molar-refractivity contribution >= 4 is 39.8 Å². The van der Waals surface area contributed by atoms with Gasteiger partial charge in [-0.05, 0) is 30.5 Å². The minimum Gasteiger partial charge on any atom is -0.355 e. The SMILES string of the molecule is O=C(Nc1ncc(Cc2cccc(Cl)c2)s1)[C@@H]1CCCN(c2cnccn2)C1. The van der Waals surface area contributed by atoms with Gasteiger partial charge in [-0.3, -0.25) is 9.78 Å². The molecule has 0 unspecified atom stereocenters. The maximum absolute atomic E-state index is 12.7. The molecule has 0 spiro atoms. The number of rotatable bonds is 5. The molecule has 1 fully saturated rings. The van der Waals surface area contributed by atoms with Crippen LogP contribution in [0.15, 0.2) is 49.1 Å². The van der Waals surface area contributed by atoms with Crippen LogP contribution in [0.3, 0.4) is 0 Å². The zero-order chi connectivity index (χ0) is 19.3. The number of hydrogen-bond acceptors (Lipinski definition) is 6. The predicted molar refractivity (Wildman–Crippen MR) is 112 cm³/mol. The van der Waals surface area contributed by atoms with Crippen molar-refractivity contribution in [3.63, 3.8) is 0 Å². The van der Waals surface area contributed by atoms with E-state index >= 15 is 0 Å². The van der Waals surface area contributed by atoms with Gasteiger partial charge >= 0.3 is 0 Å². The number of benzene rings is 1. The van der Waals surface area contributed by atoms with Gasteiger partial charge in [0.2, 0.25) is 5.91 Å². The fraction of sp³-hybridized carbons (Fsp3) is 0.300. The van der Waals surface area contributed by atoms with E-state index in [0.717, 1.165) is 47.1 Å². The molecule has 1 N–H and O–H groups in total. The van der Waals surface area contributed by atoms with E-state index in [9.17, 15) is 4.79 Å². The van der Waals surface area contributed by atoms with Crippen LogP contribution in [-0.2, 0) is 11.2 Å². The molecule has 4 rings (SSSR count). The Labute approximate surface area is 172 Å². The quantitative estimate of drug-likeness (QED) is 0.683. The molecular formula is C20H20ClN5OS. The molecule has 1 atom stereocenters. The van der Waals surface area contributed by atoms with Crippen molar-refractivity contribution < 1.29 is 4.79 Å². The number of halogens is 1. The number of thiazole rings is 1. The van der Waals surface area contributed by atoms with Gasteiger partial charge in [0.25, 0.3) is 0 Å². The number of nitrogens with one attached hydrogen (secondary N) is 1. The van der Waals surface area contributed by atoms with Crippen molar-refractivity contribution in [1.82, 2.24) is 15.0 Å². The van der Waals surface area contributed by atoms with Gasteiger partial charge in [0.15, 0.2) is 5.13 Å². The summed E-state index contributed by atoms with van der Waals surface area (Å²) < 4.78 is 0. The van der Waals surface area contributed by atoms with Gasteiger partial charge in [0, 0.05) is 48.0 Å². The fourth-order valence-corrected chi connectivity index (χ4v) is 4.42. The van der Waals surface area contributed by atoms with Gasteiger partial charge in [-0.2, -0.15) is 0 Å². The van der Waals surface area contributed by atoms with Gasteiger partial charge in [-0.15, -0.1) is 11.3 Å². The topological polar surface area (TPSA) is 71.0 Å². The molecule has 3 aromatic rings. The highest BCUT2D eigenvalue weighted by molar-refractivity contribution is 7.15. The van der Waals surface area contributed by atoms with E-state index in [0.29, 0.717) is 11.7 Å². The molecule has 1 aliphatic heterocycles. The van der Waals surface area contributed by atoms with Crippen molar-refractivity contribution in [1.29, 1.82) is 0 Å². The smallest absolute Gasteiger partial charge is 0.231 e. The summed E-state index contributed by atoms with van der Waals surface area (Å²) in [5.74, 6) is 0.742. The average molecular weight is 414 g/mol. The first-order valence-corrected chi connectivity index (χ1v) is 10.4. The third-order valence-electron chi connectivity index (χ3n) is 4.72. The molecule has 2 aromatic heterocycles. The van der Waals surface area contributed by atoms with E-state index in [1.54, 1.807) is 18.6 Å². The second-order valence-corrected chi connectivity index (χ2v) is 8.33. The van der Waals surface area contributed by atoms with Gasteiger partial charge in [-0.1, -0.05) is 23.7 Å². The fourth-order valence-electron chi connectivity index (χ4n) is 3.36. The maximum atomic E-state index is 12.7. The Hall–Kier alpha value is -2.51. The molecule has 0 bridgehead atoms. The Morgan fingerprint density at radius 2 is 2.21 bits per heavy atom. The summed E-state index contributed by atoms with van der Waals surface area (Å²) in [7, 11) is 0.